The van der Waals surface area contributed by atoms with Gasteiger partial charge >= 0.3 is 0 Å². The van der Waals surface area contributed by atoms with E-state index in [2.05, 4.69) is 23.5 Å². The second-order valence-electron chi connectivity index (χ2n) is 6.04. The molecule has 5 nitrogen and oxygen atoms in total. The second kappa shape index (κ2) is 6.24. The van der Waals surface area contributed by atoms with E-state index < -0.39 is 0 Å². The topological polar surface area (TPSA) is 49.0 Å². The molecule has 2 heterocycles. The van der Waals surface area contributed by atoms with Gasteiger partial charge in [0.15, 0.2) is 11.5 Å². The van der Waals surface area contributed by atoms with Crippen molar-refractivity contribution in [3.05, 3.63) is 47.0 Å². The Balaban J connectivity index is 1.65. The van der Waals surface area contributed by atoms with Crippen LogP contribution in [0.25, 0.3) is 0 Å². The van der Waals surface area contributed by atoms with Gasteiger partial charge in [0.05, 0.1) is 14.2 Å². The highest BCUT2D eigenvalue weighted by Gasteiger charge is 2.25. The van der Waals surface area contributed by atoms with Crippen LogP contribution >= 0.6 is 0 Å². The van der Waals surface area contributed by atoms with Crippen molar-refractivity contribution in [3.63, 3.8) is 0 Å². The van der Waals surface area contributed by atoms with E-state index in [1.54, 1.807) is 14.2 Å². The van der Waals surface area contributed by atoms with Crippen molar-refractivity contribution in [1.82, 2.24) is 5.32 Å². The van der Waals surface area contributed by atoms with Crippen LogP contribution in [0.3, 0.4) is 0 Å². The van der Waals surface area contributed by atoms with Crippen LogP contribution in [0, 0.1) is 0 Å². The molecule has 0 amide bonds. The highest BCUT2D eigenvalue weighted by atomic mass is 16.7. The summed E-state index contributed by atoms with van der Waals surface area (Å²) in [6, 6.07) is 10.4. The Hall–Kier alpha value is -2.40. The van der Waals surface area contributed by atoms with E-state index in [9.17, 15) is 0 Å². The van der Waals surface area contributed by atoms with Crippen molar-refractivity contribution in [2.24, 2.45) is 0 Å². The van der Waals surface area contributed by atoms with Gasteiger partial charge in [-0.1, -0.05) is 6.07 Å². The molecule has 2 aliphatic rings. The summed E-state index contributed by atoms with van der Waals surface area (Å²) in [5, 5.41) is 3.61. The van der Waals surface area contributed by atoms with Crippen molar-refractivity contribution < 1.29 is 18.9 Å². The highest BCUT2D eigenvalue weighted by Crippen LogP contribution is 2.39. The Morgan fingerprint density at radius 3 is 2.71 bits per heavy atom. The fourth-order valence-corrected chi connectivity index (χ4v) is 3.45. The number of nitrogens with one attached hydrogen (secondary N) is 1. The summed E-state index contributed by atoms with van der Waals surface area (Å²) >= 11 is 0. The van der Waals surface area contributed by atoms with Gasteiger partial charge in [0.25, 0.3) is 0 Å². The van der Waals surface area contributed by atoms with Crippen molar-refractivity contribution in [2.75, 3.05) is 27.6 Å². The monoisotopic (exact) mass is 327 g/mol. The molecule has 1 N–H and O–H groups in total. The van der Waals surface area contributed by atoms with Gasteiger partial charge in [-0.05, 0) is 54.3 Å². The minimum atomic E-state index is 0.227. The summed E-state index contributed by atoms with van der Waals surface area (Å²) in [5.41, 5.74) is 3.76. The highest BCUT2D eigenvalue weighted by molar-refractivity contribution is 5.51. The van der Waals surface area contributed by atoms with Crippen molar-refractivity contribution in [3.8, 4) is 23.0 Å². The Morgan fingerprint density at radius 2 is 1.92 bits per heavy atom. The molecule has 24 heavy (non-hydrogen) atoms. The van der Waals surface area contributed by atoms with Crippen LogP contribution in [0.15, 0.2) is 30.3 Å². The summed E-state index contributed by atoms with van der Waals surface area (Å²) in [5.74, 6) is 3.35. The summed E-state index contributed by atoms with van der Waals surface area (Å²) in [7, 11) is 3.36. The van der Waals surface area contributed by atoms with Gasteiger partial charge in [-0.25, -0.2) is 0 Å². The molecule has 2 aliphatic heterocycles. The molecule has 0 saturated heterocycles. The Kier molecular flexibility index (Phi) is 3.94. The molecule has 1 atom stereocenters. The van der Waals surface area contributed by atoms with Crippen LogP contribution in [0.4, 0.5) is 0 Å². The molecule has 2 aromatic rings. The van der Waals surface area contributed by atoms with Gasteiger partial charge < -0.3 is 24.3 Å². The van der Waals surface area contributed by atoms with Gasteiger partial charge in [0.2, 0.25) is 6.79 Å². The van der Waals surface area contributed by atoms with E-state index in [1.807, 2.05) is 12.1 Å². The average Bonchev–Trinajstić information content (AvgIpc) is 3.08. The molecule has 0 aromatic heterocycles. The van der Waals surface area contributed by atoms with E-state index in [4.69, 9.17) is 18.9 Å². The minimum absolute atomic E-state index is 0.227. The molecule has 2 aromatic carbocycles. The summed E-state index contributed by atoms with van der Waals surface area (Å²) < 4.78 is 21.9. The lowest BCUT2D eigenvalue weighted by Gasteiger charge is -2.28. The Labute approximate surface area is 141 Å². The Morgan fingerprint density at radius 1 is 1.08 bits per heavy atom. The van der Waals surface area contributed by atoms with Crippen molar-refractivity contribution in [1.29, 1.82) is 0 Å². The normalized spacial score (nSPS) is 18.2. The zero-order valence-corrected chi connectivity index (χ0v) is 13.9. The molecule has 126 valence electrons. The lowest BCUT2D eigenvalue weighted by molar-refractivity contribution is 0.174. The van der Waals surface area contributed by atoms with Gasteiger partial charge in [0.1, 0.15) is 11.5 Å². The second-order valence-corrected chi connectivity index (χ2v) is 6.04. The molecule has 0 aliphatic carbocycles. The SMILES string of the molecule is COc1ccc(CC2NCCc3cc4c(cc32)OCO4)c(OC)c1. The maximum atomic E-state index is 5.55. The lowest BCUT2D eigenvalue weighted by Crippen LogP contribution is -2.31. The van der Waals surface area contributed by atoms with Crippen LogP contribution in [0.5, 0.6) is 23.0 Å². The summed E-state index contributed by atoms with van der Waals surface area (Å²) in [4.78, 5) is 0. The van der Waals surface area contributed by atoms with E-state index in [-0.39, 0.29) is 6.04 Å². The summed E-state index contributed by atoms with van der Waals surface area (Å²) in [6.07, 6.45) is 1.85. The van der Waals surface area contributed by atoms with Gasteiger partial charge in [-0.2, -0.15) is 0 Å². The van der Waals surface area contributed by atoms with Crippen LogP contribution in [-0.4, -0.2) is 27.6 Å². The first-order chi connectivity index (χ1) is 11.8. The number of rotatable bonds is 4. The third kappa shape index (κ3) is 2.65. The van der Waals surface area contributed by atoms with Gasteiger partial charge in [0, 0.05) is 12.1 Å². The van der Waals surface area contributed by atoms with E-state index in [1.165, 1.54) is 11.1 Å². The number of methoxy groups -OCH3 is 2. The van der Waals surface area contributed by atoms with Crippen LogP contribution in [0.1, 0.15) is 22.7 Å². The molecule has 0 bridgehead atoms. The maximum Gasteiger partial charge on any atom is 0.231 e. The van der Waals surface area contributed by atoms with Crippen molar-refractivity contribution >= 4 is 0 Å². The number of ether oxygens (including phenoxy) is 4. The molecule has 0 radical (unpaired) electrons. The summed E-state index contributed by atoms with van der Waals surface area (Å²) in [6.45, 7) is 1.26. The Bertz CT molecular complexity index is 759. The third-order valence-corrected chi connectivity index (χ3v) is 4.71. The molecule has 0 spiro atoms. The first kappa shape index (κ1) is 15.1. The smallest absolute Gasteiger partial charge is 0.231 e. The molecule has 4 rings (SSSR count). The van der Waals surface area contributed by atoms with Gasteiger partial charge in [-0.3, -0.25) is 0 Å². The van der Waals surface area contributed by atoms with Crippen LogP contribution in [-0.2, 0) is 12.8 Å². The fraction of sp³-hybridized carbons (Fsp3) is 0.368. The number of hydrogen-bond acceptors (Lipinski definition) is 5. The molecule has 0 fully saturated rings. The first-order valence-electron chi connectivity index (χ1n) is 8.15. The van der Waals surface area contributed by atoms with Crippen LogP contribution < -0.4 is 24.3 Å². The predicted molar refractivity (Wildman–Crippen MR) is 90.3 cm³/mol. The largest absolute Gasteiger partial charge is 0.497 e. The van der Waals surface area contributed by atoms with Crippen LogP contribution in [0.2, 0.25) is 0 Å². The number of fused-ring (bicyclic) bond motifs is 2. The fourth-order valence-electron chi connectivity index (χ4n) is 3.45. The number of benzene rings is 2. The van der Waals surface area contributed by atoms with Gasteiger partial charge in [-0.15, -0.1) is 0 Å². The van der Waals surface area contributed by atoms with E-state index in [0.29, 0.717) is 6.79 Å². The first-order valence-corrected chi connectivity index (χ1v) is 8.15. The minimum Gasteiger partial charge on any atom is -0.497 e. The zero-order valence-electron chi connectivity index (χ0n) is 13.9. The zero-order chi connectivity index (χ0) is 16.5. The average molecular weight is 327 g/mol. The third-order valence-electron chi connectivity index (χ3n) is 4.71. The molecule has 5 heteroatoms. The molecule has 1 unspecified atom stereocenters. The van der Waals surface area contributed by atoms with E-state index >= 15 is 0 Å². The predicted octanol–water partition coefficient (Wildman–Crippen LogP) is 2.86. The molecule has 0 saturated carbocycles. The lowest BCUT2D eigenvalue weighted by atomic mass is 9.89. The quantitative estimate of drug-likeness (QED) is 0.936. The van der Waals surface area contributed by atoms with Crippen molar-refractivity contribution in [2.45, 2.75) is 18.9 Å². The standard InChI is InChI=1S/C19H21NO4/c1-21-14-4-3-13(17(9-14)22-2)7-16-15-10-19-18(23-11-24-19)8-12(15)5-6-20-16/h3-4,8-10,16,20H,5-7,11H2,1-2H3. The molecular weight excluding hydrogens is 306 g/mol. The van der Waals surface area contributed by atoms with E-state index in [0.717, 1.165) is 47.9 Å². The maximum absolute atomic E-state index is 5.55. The molecular formula is C19H21NO4. The number of hydrogen-bond donors (Lipinski definition) is 1.